The molecule has 0 saturated carbocycles. The number of halogens is 1. The van der Waals surface area contributed by atoms with Gasteiger partial charge in [0.1, 0.15) is 0 Å². The monoisotopic (exact) mass is 268 g/mol. The summed E-state index contributed by atoms with van der Waals surface area (Å²) in [6.07, 6.45) is 0.448. The maximum atomic E-state index is 11.7. The number of carboxylic acid groups (broad SMARTS) is 1. The van der Waals surface area contributed by atoms with E-state index in [0.29, 0.717) is 18.0 Å². The van der Waals surface area contributed by atoms with Gasteiger partial charge in [0.25, 0.3) is 0 Å². The first-order valence-corrected chi connectivity index (χ1v) is 5.97. The van der Waals surface area contributed by atoms with Crippen LogP contribution >= 0.6 is 11.6 Å². The van der Waals surface area contributed by atoms with Crippen LogP contribution in [0, 0.1) is 5.92 Å². The van der Waals surface area contributed by atoms with E-state index in [1.807, 2.05) is 0 Å². The number of hydrogen-bond donors (Lipinski definition) is 3. The zero-order chi connectivity index (χ0) is 13.1. The standard InChI is InChI=1S/C12H13ClN2O3/c13-9-4-8(12(17)18)1-2-10(9)15-11(16)3-7-5-14-6-7/h1-2,4,7,14H,3,5-6H2,(H,15,16)(H,17,18). The van der Waals surface area contributed by atoms with Crippen molar-refractivity contribution in [2.45, 2.75) is 6.42 Å². The van der Waals surface area contributed by atoms with Crippen LogP contribution in [0.15, 0.2) is 18.2 Å². The molecule has 1 heterocycles. The highest BCUT2D eigenvalue weighted by Gasteiger charge is 2.20. The molecule has 1 amide bonds. The molecule has 1 aromatic rings. The quantitative estimate of drug-likeness (QED) is 0.775. The Hall–Kier alpha value is -1.59. The molecule has 0 unspecified atom stereocenters. The SMILES string of the molecule is O=C(CC1CNC1)Nc1ccc(C(=O)O)cc1Cl. The van der Waals surface area contributed by atoms with Gasteiger partial charge < -0.3 is 15.7 Å². The van der Waals surface area contributed by atoms with Crippen LogP contribution in [-0.2, 0) is 4.79 Å². The number of amides is 1. The maximum Gasteiger partial charge on any atom is 0.335 e. The Balaban J connectivity index is 2.00. The van der Waals surface area contributed by atoms with E-state index in [0.717, 1.165) is 13.1 Å². The highest BCUT2D eigenvalue weighted by atomic mass is 35.5. The Morgan fingerprint density at radius 1 is 1.44 bits per heavy atom. The van der Waals surface area contributed by atoms with Gasteiger partial charge in [-0.3, -0.25) is 4.79 Å². The molecule has 1 saturated heterocycles. The van der Waals surface area contributed by atoms with E-state index < -0.39 is 5.97 Å². The molecule has 1 fully saturated rings. The molecule has 96 valence electrons. The van der Waals surface area contributed by atoms with Crippen molar-refractivity contribution in [2.24, 2.45) is 5.92 Å². The lowest BCUT2D eigenvalue weighted by atomic mass is 9.99. The molecule has 0 spiro atoms. The fraction of sp³-hybridized carbons (Fsp3) is 0.333. The number of aromatic carboxylic acids is 1. The van der Waals surface area contributed by atoms with Gasteiger partial charge in [-0.15, -0.1) is 0 Å². The summed E-state index contributed by atoms with van der Waals surface area (Å²) in [5.74, 6) is -0.774. The number of benzene rings is 1. The maximum absolute atomic E-state index is 11.7. The second-order valence-electron chi connectivity index (χ2n) is 4.28. The molecule has 6 heteroatoms. The van der Waals surface area contributed by atoms with Crippen LogP contribution in [0.25, 0.3) is 0 Å². The molecular weight excluding hydrogens is 256 g/mol. The number of nitrogens with one attached hydrogen (secondary N) is 2. The van der Waals surface area contributed by atoms with Gasteiger partial charge in [0, 0.05) is 6.42 Å². The molecule has 1 aromatic carbocycles. The largest absolute Gasteiger partial charge is 0.478 e. The van der Waals surface area contributed by atoms with E-state index in [1.165, 1.54) is 18.2 Å². The Morgan fingerprint density at radius 3 is 2.67 bits per heavy atom. The van der Waals surface area contributed by atoms with E-state index >= 15 is 0 Å². The highest BCUT2D eigenvalue weighted by molar-refractivity contribution is 6.34. The fourth-order valence-corrected chi connectivity index (χ4v) is 1.93. The van der Waals surface area contributed by atoms with Crippen molar-refractivity contribution in [3.63, 3.8) is 0 Å². The van der Waals surface area contributed by atoms with E-state index in [9.17, 15) is 9.59 Å². The van der Waals surface area contributed by atoms with Crippen LogP contribution in [0.2, 0.25) is 5.02 Å². The van der Waals surface area contributed by atoms with Gasteiger partial charge in [0.15, 0.2) is 0 Å². The Kier molecular flexibility index (Phi) is 3.84. The summed E-state index contributed by atoms with van der Waals surface area (Å²) >= 11 is 5.91. The summed E-state index contributed by atoms with van der Waals surface area (Å²) < 4.78 is 0. The molecule has 18 heavy (non-hydrogen) atoms. The third-order valence-electron chi connectivity index (χ3n) is 2.83. The van der Waals surface area contributed by atoms with Crippen molar-refractivity contribution in [3.8, 4) is 0 Å². The average molecular weight is 269 g/mol. The van der Waals surface area contributed by atoms with Gasteiger partial charge in [-0.2, -0.15) is 0 Å². The Labute approximate surface area is 109 Å². The summed E-state index contributed by atoms with van der Waals surface area (Å²) in [5.41, 5.74) is 0.542. The number of carbonyl (C=O) groups is 2. The average Bonchev–Trinajstić information content (AvgIpc) is 2.26. The predicted molar refractivity (Wildman–Crippen MR) is 68.0 cm³/mol. The van der Waals surface area contributed by atoms with Crippen LogP contribution in [0.4, 0.5) is 5.69 Å². The molecule has 1 aliphatic rings. The number of hydrogen-bond acceptors (Lipinski definition) is 3. The number of anilines is 1. The summed E-state index contributed by atoms with van der Waals surface area (Å²) in [6.45, 7) is 1.72. The van der Waals surface area contributed by atoms with E-state index in [2.05, 4.69) is 10.6 Å². The van der Waals surface area contributed by atoms with Crippen LogP contribution < -0.4 is 10.6 Å². The second kappa shape index (κ2) is 5.37. The van der Waals surface area contributed by atoms with Gasteiger partial charge in [0.05, 0.1) is 16.3 Å². The Bertz CT molecular complexity index is 486. The lowest BCUT2D eigenvalue weighted by Gasteiger charge is -2.26. The minimum Gasteiger partial charge on any atom is -0.478 e. The van der Waals surface area contributed by atoms with Crippen LogP contribution in [0.1, 0.15) is 16.8 Å². The van der Waals surface area contributed by atoms with Crippen molar-refractivity contribution in [2.75, 3.05) is 18.4 Å². The van der Waals surface area contributed by atoms with Gasteiger partial charge in [-0.05, 0) is 37.2 Å². The number of carbonyl (C=O) groups excluding carboxylic acids is 1. The first-order chi connectivity index (χ1) is 8.56. The molecule has 5 nitrogen and oxygen atoms in total. The summed E-state index contributed by atoms with van der Waals surface area (Å²) in [5, 5.41) is 14.8. The smallest absolute Gasteiger partial charge is 0.335 e. The van der Waals surface area contributed by atoms with Crippen molar-refractivity contribution in [3.05, 3.63) is 28.8 Å². The topological polar surface area (TPSA) is 78.4 Å². The second-order valence-corrected chi connectivity index (χ2v) is 4.68. The number of carboxylic acids is 1. The van der Waals surface area contributed by atoms with Crippen LogP contribution in [0.3, 0.4) is 0 Å². The van der Waals surface area contributed by atoms with Crippen molar-refractivity contribution >= 4 is 29.2 Å². The van der Waals surface area contributed by atoms with Gasteiger partial charge in [-0.1, -0.05) is 11.6 Å². The van der Waals surface area contributed by atoms with Crippen LogP contribution in [-0.4, -0.2) is 30.1 Å². The molecule has 2 rings (SSSR count). The van der Waals surface area contributed by atoms with Crippen LogP contribution in [0.5, 0.6) is 0 Å². The van der Waals surface area contributed by atoms with Crippen molar-refractivity contribution in [1.29, 1.82) is 0 Å². The van der Waals surface area contributed by atoms with Gasteiger partial charge in [-0.25, -0.2) is 4.79 Å². The number of rotatable bonds is 4. The zero-order valence-electron chi connectivity index (χ0n) is 9.57. The third-order valence-corrected chi connectivity index (χ3v) is 3.14. The predicted octanol–water partition coefficient (Wildman–Crippen LogP) is 1.59. The van der Waals surface area contributed by atoms with E-state index in [1.54, 1.807) is 0 Å². The molecule has 3 N–H and O–H groups in total. The molecule has 0 bridgehead atoms. The molecule has 1 aliphatic heterocycles. The first kappa shape index (κ1) is 12.9. The molecule has 0 aliphatic carbocycles. The first-order valence-electron chi connectivity index (χ1n) is 5.59. The van der Waals surface area contributed by atoms with Crippen molar-refractivity contribution < 1.29 is 14.7 Å². The molecular formula is C12H13ClN2O3. The van der Waals surface area contributed by atoms with Gasteiger partial charge >= 0.3 is 5.97 Å². The summed E-state index contributed by atoms with van der Waals surface area (Å²) in [4.78, 5) is 22.4. The Morgan fingerprint density at radius 2 is 2.17 bits per heavy atom. The minimum atomic E-state index is -1.05. The van der Waals surface area contributed by atoms with Crippen molar-refractivity contribution in [1.82, 2.24) is 5.32 Å². The zero-order valence-corrected chi connectivity index (χ0v) is 10.3. The molecule has 0 aromatic heterocycles. The minimum absolute atomic E-state index is 0.0983. The third kappa shape index (κ3) is 3.00. The lowest BCUT2D eigenvalue weighted by molar-refractivity contribution is -0.117. The normalized spacial score (nSPS) is 14.9. The highest BCUT2D eigenvalue weighted by Crippen LogP contribution is 2.23. The van der Waals surface area contributed by atoms with E-state index in [4.69, 9.17) is 16.7 Å². The molecule has 0 radical (unpaired) electrons. The summed E-state index contributed by atoms with van der Waals surface area (Å²) in [7, 11) is 0. The molecule has 0 atom stereocenters. The summed E-state index contributed by atoms with van der Waals surface area (Å²) in [6, 6.07) is 4.24. The lowest BCUT2D eigenvalue weighted by Crippen LogP contribution is -2.43. The van der Waals surface area contributed by atoms with Gasteiger partial charge in [0.2, 0.25) is 5.91 Å². The fourth-order valence-electron chi connectivity index (χ4n) is 1.71. The van der Waals surface area contributed by atoms with E-state index in [-0.39, 0.29) is 16.5 Å².